The summed E-state index contributed by atoms with van der Waals surface area (Å²) in [7, 11) is 0. The smallest absolute Gasteiger partial charge is 0.338 e. The lowest BCUT2D eigenvalue weighted by Gasteiger charge is -2.33. The van der Waals surface area contributed by atoms with E-state index in [9.17, 15) is 15.0 Å². The van der Waals surface area contributed by atoms with Crippen molar-refractivity contribution in [2.75, 3.05) is 13.2 Å². The average molecular weight is 206 g/mol. The fraction of sp³-hybridized carbons (Fsp3) is 0.875. The Balaban J connectivity index is 2.58. The van der Waals surface area contributed by atoms with Crippen LogP contribution in [-0.2, 0) is 14.3 Å². The zero-order valence-electron chi connectivity index (χ0n) is 7.79. The third-order valence-electron chi connectivity index (χ3n) is 2.02. The minimum Gasteiger partial charge on any atom is -0.464 e. The minimum atomic E-state index is -1.45. The molecule has 1 aliphatic heterocycles. The predicted octanol–water partition coefficient (Wildman–Crippen LogP) is -1.97. The molecule has 6 heteroatoms. The number of carbonyl (C=O) groups is 1. The van der Waals surface area contributed by atoms with Crippen molar-refractivity contribution in [2.45, 2.75) is 31.3 Å². The molecule has 14 heavy (non-hydrogen) atoms. The van der Waals surface area contributed by atoms with E-state index in [-0.39, 0.29) is 13.2 Å². The fourth-order valence-corrected chi connectivity index (χ4v) is 1.24. The van der Waals surface area contributed by atoms with Crippen LogP contribution in [0.1, 0.15) is 6.92 Å². The molecule has 4 atom stereocenters. The molecule has 1 heterocycles. The monoisotopic (exact) mass is 206 g/mol. The number of aliphatic hydroxyl groups is 3. The number of hydrogen-bond donors (Lipinski definition) is 3. The van der Waals surface area contributed by atoms with Gasteiger partial charge in [-0.1, -0.05) is 0 Å². The first-order chi connectivity index (χ1) is 6.57. The van der Waals surface area contributed by atoms with Gasteiger partial charge in [0.05, 0.1) is 13.2 Å². The van der Waals surface area contributed by atoms with Crippen LogP contribution in [0.4, 0.5) is 0 Å². The summed E-state index contributed by atoms with van der Waals surface area (Å²) in [5.41, 5.74) is 0. The van der Waals surface area contributed by atoms with Crippen LogP contribution < -0.4 is 0 Å². The van der Waals surface area contributed by atoms with Crippen molar-refractivity contribution >= 4 is 5.97 Å². The highest BCUT2D eigenvalue weighted by Gasteiger charge is 2.42. The summed E-state index contributed by atoms with van der Waals surface area (Å²) in [6, 6.07) is 0. The summed E-state index contributed by atoms with van der Waals surface area (Å²) in [5.74, 6) is -0.731. The third-order valence-corrected chi connectivity index (χ3v) is 2.02. The molecule has 1 aliphatic rings. The van der Waals surface area contributed by atoms with E-state index in [1.807, 2.05) is 0 Å². The van der Waals surface area contributed by atoms with Gasteiger partial charge in [0.25, 0.3) is 0 Å². The van der Waals surface area contributed by atoms with Crippen LogP contribution in [0.5, 0.6) is 0 Å². The predicted molar refractivity (Wildman–Crippen MR) is 44.4 cm³/mol. The van der Waals surface area contributed by atoms with Crippen molar-refractivity contribution in [3.05, 3.63) is 0 Å². The SMILES string of the molecule is CCOC(=O)[C@@H]1OC[C@H](O)[C@H](O)[C@@H]1O. The Labute approximate surface area is 81.1 Å². The summed E-state index contributed by atoms with van der Waals surface area (Å²) < 4.78 is 9.47. The fourth-order valence-electron chi connectivity index (χ4n) is 1.24. The maximum Gasteiger partial charge on any atom is 0.338 e. The van der Waals surface area contributed by atoms with Crippen LogP contribution in [0.25, 0.3) is 0 Å². The first-order valence-corrected chi connectivity index (χ1v) is 4.40. The number of rotatable bonds is 2. The molecule has 0 spiro atoms. The van der Waals surface area contributed by atoms with E-state index in [1.165, 1.54) is 0 Å². The molecule has 1 rings (SSSR count). The molecule has 6 nitrogen and oxygen atoms in total. The van der Waals surface area contributed by atoms with E-state index >= 15 is 0 Å². The van der Waals surface area contributed by atoms with E-state index in [0.717, 1.165) is 0 Å². The summed E-state index contributed by atoms with van der Waals surface area (Å²) in [4.78, 5) is 11.2. The van der Waals surface area contributed by atoms with E-state index in [0.29, 0.717) is 0 Å². The van der Waals surface area contributed by atoms with Crippen LogP contribution in [0.2, 0.25) is 0 Å². The Hall–Kier alpha value is -0.690. The van der Waals surface area contributed by atoms with Gasteiger partial charge in [-0.25, -0.2) is 4.79 Å². The van der Waals surface area contributed by atoms with Crippen molar-refractivity contribution in [3.63, 3.8) is 0 Å². The lowest BCUT2D eigenvalue weighted by atomic mass is 10.0. The van der Waals surface area contributed by atoms with Crippen molar-refractivity contribution < 1.29 is 29.6 Å². The second kappa shape index (κ2) is 4.70. The molecule has 0 aliphatic carbocycles. The van der Waals surface area contributed by atoms with Gasteiger partial charge in [0, 0.05) is 0 Å². The summed E-state index contributed by atoms with van der Waals surface area (Å²) >= 11 is 0. The zero-order valence-corrected chi connectivity index (χ0v) is 7.79. The van der Waals surface area contributed by atoms with Crippen LogP contribution >= 0.6 is 0 Å². The largest absolute Gasteiger partial charge is 0.464 e. The molecule has 1 saturated heterocycles. The molecule has 0 aromatic rings. The van der Waals surface area contributed by atoms with Gasteiger partial charge in [0.1, 0.15) is 18.3 Å². The lowest BCUT2D eigenvalue weighted by Crippen LogP contribution is -2.55. The Morgan fingerprint density at radius 3 is 2.64 bits per heavy atom. The molecule has 0 amide bonds. The maximum absolute atomic E-state index is 11.2. The summed E-state index contributed by atoms with van der Waals surface area (Å²) in [5, 5.41) is 27.7. The van der Waals surface area contributed by atoms with Crippen molar-refractivity contribution in [3.8, 4) is 0 Å². The molecule has 1 fully saturated rings. The number of hydrogen-bond acceptors (Lipinski definition) is 6. The molecule has 0 bridgehead atoms. The summed E-state index contributed by atoms with van der Waals surface area (Å²) in [6.07, 6.45) is -5.21. The number of aliphatic hydroxyl groups excluding tert-OH is 3. The van der Waals surface area contributed by atoms with Crippen LogP contribution in [0, 0.1) is 0 Å². The molecule has 3 N–H and O–H groups in total. The minimum absolute atomic E-state index is 0.171. The number of carbonyl (C=O) groups excluding carboxylic acids is 1. The standard InChI is InChI=1S/C8H14O6/c1-2-13-8(12)7-6(11)5(10)4(9)3-14-7/h4-7,9-11H,2-3H2,1H3/t4-,5-,6-,7+/m0/s1. The lowest BCUT2D eigenvalue weighted by molar-refractivity contribution is -0.205. The van der Waals surface area contributed by atoms with Crippen molar-refractivity contribution in [1.29, 1.82) is 0 Å². The Kier molecular flexibility index (Phi) is 3.82. The van der Waals surface area contributed by atoms with Crippen LogP contribution in [0.15, 0.2) is 0 Å². The van der Waals surface area contributed by atoms with E-state index in [2.05, 4.69) is 4.74 Å². The molecule has 0 aromatic carbocycles. The maximum atomic E-state index is 11.2. The molecule has 0 radical (unpaired) electrons. The Morgan fingerprint density at radius 1 is 1.43 bits per heavy atom. The Bertz CT molecular complexity index is 206. The van der Waals surface area contributed by atoms with Gasteiger partial charge in [-0.3, -0.25) is 0 Å². The Morgan fingerprint density at radius 2 is 2.07 bits per heavy atom. The normalized spacial score (nSPS) is 38.0. The van der Waals surface area contributed by atoms with Crippen LogP contribution in [0.3, 0.4) is 0 Å². The van der Waals surface area contributed by atoms with Gasteiger partial charge < -0.3 is 24.8 Å². The second-order valence-corrected chi connectivity index (χ2v) is 3.05. The van der Waals surface area contributed by atoms with E-state index < -0.39 is 30.4 Å². The first kappa shape index (κ1) is 11.4. The quantitative estimate of drug-likeness (QED) is 0.454. The average Bonchev–Trinajstić information content (AvgIpc) is 2.15. The van der Waals surface area contributed by atoms with Gasteiger partial charge in [0.2, 0.25) is 0 Å². The highest BCUT2D eigenvalue weighted by atomic mass is 16.6. The van der Waals surface area contributed by atoms with Gasteiger partial charge in [-0.05, 0) is 6.92 Å². The van der Waals surface area contributed by atoms with Crippen LogP contribution in [-0.4, -0.2) is 58.9 Å². The molecular formula is C8H14O6. The van der Waals surface area contributed by atoms with E-state index in [1.54, 1.807) is 6.92 Å². The van der Waals surface area contributed by atoms with Crippen molar-refractivity contribution in [2.24, 2.45) is 0 Å². The van der Waals surface area contributed by atoms with E-state index in [4.69, 9.17) is 9.84 Å². The molecule has 0 unspecified atom stereocenters. The zero-order chi connectivity index (χ0) is 10.7. The summed E-state index contributed by atoms with van der Waals surface area (Å²) in [6.45, 7) is 1.60. The highest BCUT2D eigenvalue weighted by molar-refractivity contribution is 5.75. The highest BCUT2D eigenvalue weighted by Crippen LogP contribution is 2.16. The van der Waals surface area contributed by atoms with Gasteiger partial charge in [-0.15, -0.1) is 0 Å². The second-order valence-electron chi connectivity index (χ2n) is 3.05. The van der Waals surface area contributed by atoms with Crippen molar-refractivity contribution in [1.82, 2.24) is 0 Å². The molecule has 0 aromatic heterocycles. The molecular weight excluding hydrogens is 192 g/mol. The van der Waals surface area contributed by atoms with Gasteiger partial charge in [-0.2, -0.15) is 0 Å². The number of ether oxygens (including phenoxy) is 2. The van der Waals surface area contributed by atoms with Gasteiger partial charge >= 0.3 is 5.97 Å². The van der Waals surface area contributed by atoms with Gasteiger partial charge in [0.15, 0.2) is 6.10 Å². The third kappa shape index (κ3) is 2.21. The molecule has 0 saturated carbocycles. The first-order valence-electron chi connectivity index (χ1n) is 4.40. The molecule has 82 valence electrons. The topological polar surface area (TPSA) is 96.2 Å². The number of esters is 1.